The molecule has 2 aromatic heterocycles. The maximum absolute atomic E-state index is 8.17. The van der Waals surface area contributed by atoms with Gasteiger partial charge in [0.15, 0.2) is 0 Å². The summed E-state index contributed by atoms with van der Waals surface area (Å²) >= 11 is 3.14. The molecule has 1 fully saturated rings. The Bertz CT molecular complexity index is 843. The van der Waals surface area contributed by atoms with Gasteiger partial charge in [-0.3, -0.25) is 4.57 Å². The highest BCUT2D eigenvalue weighted by molar-refractivity contribution is 9.10. The second kappa shape index (κ2) is 4.93. The van der Waals surface area contributed by atoms with Crippen LogP contribution in [0.1, 0.15) is 33.2 Å². The summed E-state index contributed by atoms with van der Waals surface area (Å²) in [6.45, 7) is 7.53. The fraction of sp³-hybridized carbons (Fsp3) is 0.429. The minimum Gasteiger partial charge on any atom is -0.398 e. The highest BCUT2D eigenvalue weighted by atomic mass is 79.9. The van der Waals surface area contributed by atoms with E-state index >= 15 is 0 Å². The second-order valence-corrected chi connectivity index (χ2v) is 6.55. The number of nitrogens with zero attached hydrogens (tertiary/aromatic N) is 3. The molecule has 0 aliphatic carbocycles. The van der Waals surface area contributed by atoms with Crippen molar-refractivity contribution in [3.63, 3.8) is 0 Å². The molecule has 110 valence electrons. The molecule has 0 N–H and O–H groups in total. The topological polar surface area (TPSA) is 49.2 Å². The second-order valence-electron chi connectivity index (χ2n) is 5.80. The van der Waals surface area contributed by atoms with Crippen molar-refractivity contribution in [1.82, 2.24) is 14.5 Å². The quantitative estimate of drug-likeness (QED) is 0.777. The molecular weight excluding hydrogens is 333 g/mol. The Morgan fingerprint density at radius 1 is 1.24 bits per heavy atom. The van der Waals surface area contributed by atoms with Crippen LogP contribution in [0.15, 0.2) is 35.2 Å². The van der Waals surface area contributed by atoms with Crippen LogP contribution in [-0.4, -0.2) is 32.9 Å². The van der Waals surface area contributed by atoms with Crippen molar-refractivity contribution in [1.29, 1.82) is 0 Å². The van der Waals surface area contributed by atoms with E-state index in [1.54, 1.807) is 0 Å². The van der Waals surface area contributed by atoms with Gasteiger partial charge in [0.05, 0.1) is 22.3 Å². The van der Waals surface area contributed by atoms with Gasteiger partial charge in [-0.2, -0.15) is 0 Å². The third kappa shape index (κ3) is 2.65. The van der Waals surface area contributed by atoms with Crippen molar-refractivity contribution in [3.8, 4) is 5.82 Å². The molecule has 0 atom stereocenters. The lowest BCUT2D eigenvalue weighted by Gasteiger charge is -2.32. The van der Waals surface area contributed by atoms with Crippen LogP contribution in [0.5, 0.6) is 0 Å². The molecule has 0 aromatic carbocycles. The third-order valence-corrected chi connectivity index (χ3v) is 4.18. The molecular formula is C14H17BBrN3O2. The molecule has 0 spiro atoms. The van der Waals surface area contributed by atoms with Crippen molar-refractivity contribution in [3.05, 3.63) is 35.2 Å². The zero-order valence-electron chi connectivity index (χ0n) is 16.2. The Labute approximate surface area is 138 Å². The Balaban J connectivity index is 2.15. The Kier molecular flexibility index (Phi) is 2.47. The minimum atomic E-state index is -0.929. The predicted octanol–water partition coefficient (Wildman–Crippen LogP) is 2.33. The average molecular weight is 354 g/mol. The number of halogens is 1. The lowest BCUT2D eigenvalue weighted by molar-refractivity contribution is 0.00578. The predicted molar refractivity (Wildman–Crippen MR) is 84.8 cm³/mol. The van der Waals surface area contributed by atoms with E-state index in [9.17, 15) is 0 Å². The molecule has 21 heavy (non-hydrogen) atoms. The summed E-state index contributed by atoms with van der Waals surface area (Å²) in [6, 6.07) is -0.791. The van der Waals surface area contributed by atoms with Crippen molar-refractivity contribution >= 4 is 28.6 Å². The van der Waals surface area contributed by atoms with Crippen LogP contribution in [0.25, 0.3) is 5.82 Å². The summed E-state index contributed by atoms with van der Waals surface area (Å²) < 4.78 is 45.8. The summed E-state index contributed by atoms with van der Waals surface area (Å²) in [5.41, 5.74) is -1.13. The van der Waals surface area contributed by atoms with Gasteiger partial charge in [-0.05, 0) is 55.7 Å². The molecule has 0 bridgehead atoms. The third-order valence-electron chi connectivity index (χ3n) is 3.80. The van der Waals surface area contributed by atoms with Crippen molar-refractivity contribution < 1.29 is 14.8 Å². The van der Waals surface area contributed by atoms with Gasteiger partial charge >= 0.3 is 7.12 Å². The molecule has 0 radical (unpaired) electrons. The molecule has 0 amide bonds. The lowest BCUT2D eigenvalue weighted by atomic mass is 9.84. The smallest absolute Gasteiger partial charge is 0.398 e. The summed E-state index contributed by atoms with van der Waals surface area (Å²) in [5, 5.41) is 0. The van der Waals surface area contributed by atoms with Crippen LogP contribution in [0.4, 0.5) is 0 Å². The van der Waals surface area contributed by atoms with Gasteiger partial charge in [0.25, 0.3) is 0 Å². The molecule has 2 aromatic rings. The van der Waals surface area contributed by atoms with Crippen LogP contribution in [0.3, 0.4) is 0 Å². The van der Waals surface area contributed by atoms with E-state index in [-0.39, 0.29) is 35.7 Å². The van der Waals surface area contributed by atoms with Gasteiger partial charge in [-0.1, -0.05) is 6.04 Å². The zero-order valence-corrected chi connectivity index (χ0v) is 13.8. The van der Waals surface area contributed by atoms with Gasteiger partial charge in [-0.25, -0.2) is 9.97 Å². The normalized spacial score (nSPS) is 22.6. The van der Waals surface area contributed by atoms with Gasteiger partial charge < -0.3 is 9.31 Å². The fourth-order valence-corrected chi connectivity index (χ4v) is 2.16. The van der Waals surface area contributed by atoms with Gasteiger partial charge in [0.2, 0.25) is 0 Å². The number of imidazole rings is 1. The van der Waals surface area contributed by atoms with E-state index in [0.717, 1.165) is 0 Å². The number of hydrogen-bond acceptors (Lipinski definition) is 4. The summed E-state index contributed by atoms with van der Waals surface area (Å²) in [7, 11) is -0.929. The zero-order chi connectivity index (χ0) is 18.7. The molecule has 3 rings (SSSR count). The van der Waals surface area contributed by atoms with E-state index in [1.165, 1.54) is 10.9 Å². The number of aromatic nitrogens is 3. The average Bonchev–Trinajstić information content (AvgIpc) is 2.94. The fourth-order valence-electron chi connectivity index (χ4n) is 1.87. The first-order valence-corrected chi connectivity index (χ1v) is 7.28. The maximum Gasteiger partial charge on any atom is 0.514 e. The first-order valence-electron chi connectivity index (χ1n) is 8.49. The Morgan fingerprint density at radius 2 is 1.90 bits per heavy atom. The van der Waals surface area contributed by atoms with E-state index in [1.807, 2.05) is 27.7 Å². The SMILES string of the molecule is [2H]c1c(B2OC(C)(C)C(C)(C)O2)nc(-n2cnc(Br)c2[2H])c([2H])c1[2H]. The van der Waals surface area contributed by atoms with E-state index in [0.29, 0.717) is 4.60 Å². The monoisotopic (exact) mass is 353 g/mol. The van der Waals surface area contributed by atoms with Crippen molar-refractivity contribution in [2.45, 2.75) is 38.9 Å². The van der Waals surface area contributed by atoms with Crippen molar-refractivity contribution in [2.24, 2.45) is 0 Å². The molecule has 0 saturated carbocycles. The molecule has 0 unspecified atom stereocenters. The van der Waals surface area contributed by atoms with Gasteiger partial charge in [-0.15, -0.1) is 0 Å². The molecule has 5 nitrogen and oxygen atoms in total. The molecule has 1 aliphatic rings. The minimum absolute atomic E-state index is 0.00185. The standard InChI is InChI=1S/C14H17BBrN3O2/c1-13(2)14(3,4)21-15(20-13)10-6-5-7-12(18-10)19-8-11(16)17-9-19/h5-9H,1-4H3/i5D,6D,7D,8D. The Hall–Kier alpha value is -1.18. The Morgan fingerprint density at radius 3 is 2.48 bits per heavy atom. The molecule has 3 heterocycles. The summed E-state index contributed by atoms with van der Waals surface area (Å²) in [5.74, 6) is 0.0360. The van der Waals surface area contributed by atoms with Crippen molar-refractivity contribution in [2.75, 3.05) is 0 Å². The number of hydrogen-bond donors (Lipinski definition) is 0. The highest BCUT2D eigenvalue weighted by Crippen LogP contribution is 2.36. The van der Waals surface area contributed by atoms with Gasteiger partial charge in [0.1, 0.15) is 16.7 Å². The summed E-state index contributed by atoms with van der Waals surface area (Å²) in [6.07, 6.45) is 1.34. The van der Waals surface area contributed by atoms with E-state index < -0.39 is 18.3 Å². The highest BCUT2D eigenvalue weighted by Gasteiger charge is 2.52. The number of rotatable bonds is 2. The van der Waals surface area contributed by atoms with E-state index in [4.69, 9.17) is 14.8 Å². The van der Waals surface area contributed by atoms with E-state index in [2.05, 4.69) is 25.9 Å². The van der Waals surface area contributed by atoms with Crippen LogP contribution >= 0.6 is 15.9 Å². The maximum atomic E-state index is 8.17. The van der Waals surface area contributed by atoms with Gasteiger partial charge in [0, 0.05) is 6.17 Å². The van der Waals surface area contributed by atoms with Crippen LogP contribution in [-0.2, 0) is 9.31 Å². The molecule has 1 saturated heterocycles. The lowest BCUT2D eigenvalue weighted by Crippen LogP contribution is -2.41. The largest absolute Gasteiger partial charge is 0.514 e. The van der Waals surface area contributed by atoms with Crippen LogP contribution in [0.2, 0.25) is 0 Å². The summed E-state index contributed by atoms with van der Waals surface area (Å²) in [4.78, 5) is 8.28. The van der Waals surface area contributed by atoms with Crippen LogP contribution < -0.4 is 5.59 Å². The van der Waals surface area contributed by atoms with Crippen LogP contribution in [0, 0.1) is 0 Å². The number of pyridine rings is 1. The first-order chi connectivity index (χ1) is 11.5. The molecule has 1 aliphatic heterocycles. The first kappa shape index (κ1) is 10.5. The molecule has 7 heteroatoms.